The second-order valence-corrected chi connectivity index (χ2v) is 6.77. The third kappa shape index (κ3) is 3.54. The molecule has 7 heteroatoms. The Bertz CT molecular complexity index is 1170. The fourth-order valence-electron chi connectivity index (χ4n) is 3.02. The number of nitrogens with zero attached hydrogens (tertiary/aromatic N) is 1. The minimum absolute atomic E-state index is 0.391. The van der Waals surface area contributed by atoms with Crippen LogP contribution in [0.2, 0.25) is 5.02 Å². The normalized spacial score (nSPS) is 10.8. The van der Waals surface area contributed by atoms with Crippen molar-refractivity contribution in [3.63, 3.8) is 0 Å². The molecule has 0 saturated heterocycles. The number of H-pyrrole nitrogens is 1. The molecule has 2 amide bonds. The third-order valence-electron chi connectivity index (χ3n) is 4.34. The maximum atomic E-state index is 13.8. The highest BCUT2D eigenvalue weighted by Gasteiger charge is 2.17. The van der Waals surface area contributed by atoms with Gasteiger partial charge in [0.15, 0.2) is 0 Å². The Hall–Kier alpha value is -3.38. The number of pyridine rings is 1. The van der Waals surface area contributed by atoms with E-state index in [0.29, 0.717) is 33.0 Å². The van der Waals surface area contributed by atoms with Gasteiger partial charge in [-0.1, -0.05) is 17.7 Å². The molecule has 4 rings (SSSR count). The molecule has 0 bridgehead atoms. The molecule has 0 aliphatic heterocycles. The molecule has 140 valence electrons. The van der Waals surface area contributed by atoms with Crippen LogP contribution in [0.3, 0.4) is 0 Å². The fourth-order valence-corrected chi connectivity index (χ4v) is 3.30. The first kappa shape index (κ1) is 18.0. The highest BCUT2D eigenvalue weighted by atomic mass is 35.5. The van der Waals surface area contributed by atoms with Crippen molar-refractivity contribution in [2.45, 2.75) is 6.92 Å². The van der Waals surface area contributed by atoms with Crippen LogP contribution < -0.4 is 10.6 Å². The summed E-state index contributed by atoms with van der Waals surface area (Å²) in [4.78, 5) is 19.9. The Labute approximate surface area is 165 Å². The number of anilines is 2. The molecule has 3 N–H and O–H groups in total. The van der Waals surface area contributed by atoms with Gasteiger partial charge in [-0.25, -0.2) is 9.18 Å². The van der Waals surface area contributed by atoms with Gasteiger partial charge in [-0.3, -0.25) is 4.98 Å². The number of carbonyl (C=O) groups is 1. The lowest BCUT2D eigenvalue weighted by Crippen LogP contribution is -2.20. The molecule has 0 spiro atoms. The number of urea groups is 1. The van der Waals surface area contributed by atoms with E-state index in [2.05, 4.69) is 20.6 Å². The first-order valence-electron chi connectivity index (χ1n) is 8.57. The van der Waals surface area contributed by atoms with E-state index in [-0.39, 0.29) is 0 Å². The van der Waals surface area contributed by atoms with Gasteiger partial charge in [-0.05, 0) is 55.0 Å². The maximum absolute atomic E-state index is 13.8. The van der Waals surface area contributed by atoms with Crippen molar-refractivity contribution in [1.29, 1.82) is 0 Å². The number of benzene rings is 2. The Morgan fingerprint density at radius 1 is 1.07 bits per heavy atom. The molecule has 2 aromatic heterocycles. The molecule has 0 radical (unpaired) electrons. The number of aromatic nitrogens is 2. The molecular formula is C21H16ClFN4O. The Balaban J connectivity index is 1.72. The van der Waals surface area contributed by atoms with E-state index >= 15 is 0 Å². The summed E-state index contributed by atoms with van der Waals surface area (Å²) in [6, 6.07) is 12.9. The smallest absolute Gasteiger partial charge is 0.323 e. The van der Waals surface area contributed by atoms with Crippen molar-refractivity contribution in [2.24, 2.45) is 0 Å². The number of halogens is 2. The van der Waals surface area contributed by atoms with E-state index in [1.54, 1.807) is 42.7 Å². The summed E-state index contributed by atoms with van der Waals surface area (Å²) in [5.74, 6) is -0.391. The number of fused-ring (bicyclic) bond motifs is 1. The van der Waals surface area contributed by atoms with Crippen LogP contribution in [0.5, 0.6) is 0 Å². The second kappa shape index (κ2) is 7.32. The third-order valence-corrected chi connectivity index (χ3v) is 4.65. The fraction of sp³-hybridized carbons (Fsp3) is 0.0476. The van der Waals surface area contributed by atoms with Gasteiger partial charge in [0.2, 0.25) is 0 Å². The van der Waals surface area contributed by atoms with Crippen LogP contribution in [0.1, 0.15) is 5.56 Å². The monoisotopic (exact) mass is 394 g/mol. The van der Waals surface area contributed by atoms with E-state index in [1.165, 1.54) is 12.1 Å². The largest absolute Gasteiger partial charge is 0.353 e. The number of carbonyl (C=O) groups excluding carboxylic acids is 1. The van der Waals surface area contributed by atoms with Crippen LogP contribution in [0.25, 0.3) is 22.2 Å². The van der Waals surface area contributed by atoms with Crippen molar-refractivity contribution in [3.05, 3.63) is 77.3 Å². The van der Waals surface area contributed by atoms with Gasteiger partial charge in [-0.15, -0.1) is 0 Å². The number of rotatable bonds is 3. The van der Waals surface area contributed by atoms with Gasteiger partial charge in [0, 0.05) is 28.9 Å². The van der Waals surface area contributed by atoms with Gasteiger partial charge in [0.25, 0.3) is 0 Å². The zero-order valence-corrected chi connectivity index (χ0v) is 15.6. The average Bonchev–Trinajstić information content (AvgIpc) is 3.02. The zero-order valence-electron chi connectivity index (χ0n) is 14.9. The minimum Gasteiger partial charge on any atom is -0.353 e. The molecule has 5 nitrogen and oxygen atoms in total. The predicted molar refractivity (Wildman–Crippen MR) is 110 cm³/mol. The topological polar surface area (TPSA) is 69.8 Å². The van der Waals surface area contributed by atoms with E-state index in [4.69, 9.17) is 11.6 Å². The van der Waals surface area contributed by atoms with E-state index in [0.717, 1.165) is 11.1 Å². The molecule has 0 aliphatic rings. The minimum atomic E-state index is -0.480. The lowest BCUT2D eigenvalue weighted by Gasteiger charge is -2.11. The lowest BCUT2D eigenvalue weighted by molar-refractivity contribution is 0.262. The highest BCUT2D eigenvalue weighted by Crippen LogP contribution is 2.35. The summed E-state index contributed by atoms with van der Waals surface area (Å²) in [6.07, 6.45) is 3.30. The van der Waals surface area contributed by atoms with Crippen molar-refractivity contribution >= 4 is 39.9 Å². The van der Waals surface area contributed by atoms with Crippen molar-refractivity contribution in [3.8, 4) is 11.3 Å². The number of nitrogens with one attached hydrogen (secondary N) is 3. The van der Waals surface area contributed by atoms with E-state index < -0.39 is 11.8 Å². The molecular weight excluding hydrogens is 379 g/mol. The SMILES string of the molecule is Cc1ccc(NC(=O)Nc2c(-c3ccncc3)[nH]c3ccc(F)cc23)c(Cl)c1. The highest BCUT2D eigenvalue weighted by molar-refractivity contribution is 6.34. The summed E-state index contributed by atoms with van der Waals surface area (Å²) < 4.78 is 13.8. The van der Waals surface area contributed by atoms with Crippen molar-refractivity contribution in [2.75, 3.05) is 10.6 Å². The lowest BCUT2D eigenvalue weighted by atomic mass is 10.1. The predicted octanol–water partition coefficient (Wildman–Crippen LogP) is 5.97. The van der Waals surface area contributed by atoms with Crippen molar-refractivity contribution in [1.82, 2.24) is 9.97 Å². The molecule has 0 fully saturated rings. The Kier molecular flexibility index (Phi) is 4.71. The van der Waals surface area contributed by atoms with Gasteiger partial charge in [0.1, 0.15) is 5.82 Å². The number of hydrogen-bond donors (Lipinski definition) is 3. The second-order valence-electron chi connectivity index (χ2n) is 6.36. The van der Waals surface area contributed by atoms with Crippen LogP contribution in [0, 0.1) is 12.7 Å². The van der Waals surface area contributed by atoms with E-state index in [1.807, 2.05) is 13.0 Å². The van der Waals surface area contributed by atoms with E-state index in [9.17, 15) is 9.18 Å². The molecule has 28 heavy (non-hydrogen) atoms. The number of amides is 2. The Morgan fingerprint density at radius 3 is 2.61 bits per heavy atom. The summed E-state index contributed by atoms with van der Waals surface area (Å²) in [5, 5.41) is 6.56. The first-order valence-corrected chi connectivity index (χ1v) is 8.95. The average molecular weight is 395 g/mol. The molecule has 0 unspecified atom stereocenters. The first-order chi connectivity index (χ1) is 13.5. The van der Waals surface area contributed by atoms with Crippen LogP contribution in [-0.4, -0.2) is 16.0 Å². The standard InChI is InChI=1S/C21H16ClFN4O/c1-12-2-4-18(16(22)10-12)26-21(28)27-20-15-11-14(23)3-5-17(15)25-19(20)13-6-8-24-9-7-13/h2-11,25H,1H3,(H2,26,27,28). The van der Waals surface area contributed by atoms with Crippen LogP contribution in [0.4, 0.5) is 20.6 Å². The maximum Gasteiger partial charge on any atom is 0.323 e. The number of hydrogen-bond acceptors (Lipinski definition) is 2. The molecule has 0 saturated carbocycles. The number of aryl methyl sites for hydroxylation is 1. The van der Waals surface area contributed by atoms with Crippen LogP contribution in [-0.2, 0) is 0 Å². The molecule has 0 atom stereocenters. The zero-order chi connectivity index (χ0) is 19.7. The van der Waals surface area contributed by atoms with Gasteiger partial charge in [0.05, 0.1) is 22.1 Å². The quantitative estimate of drug-likeness (QED) is 0.400. The van der Waals surface area contributed by atoms with Crippen LogP contribution in [0.15, 0.2) is 60.9 Å². The molecule has 2 aromatic carbocycles. The summed E-state index contributed by atoms with van der Waals surface area (Å²) in [7, 11) is 0. The van der Waals surface area contributed by atoms with Gasteiger partial charge >= 0.3 is 6.03 Å². The molecule has 0 aliphatic carbocycles. The molecule has 4 aromatic rings. The molecule has 2 heterocycles. The summed E-state index contributed by atoms with van der Waals surface area (Å²) >= 11 is 6.19. The summed E-state index contributed by atoms with van der Waals surface area (Å²) in [6.45, 7) is 1.91. The Morgan fingerprint density at radius 2 is 1.86 bits per heavy atom. The van der Waals surface area contributed by atoms with Gasteiger partial charge < -0.3 is 15.6 Å². The van der Waals surface area contributed by atoms with Crippen molar-refractivity contribution < 1.29 is 9.18 Å². The summed E-state index contributed by atoms with van der Waals surface area (Å²) in [5.41, 5.74) is 4.13. The number of aromatic amines is 1. The van der Waals surface area contributed by atoms with Gasteiger partial charge in [-0.2, -0.15) is 0 Å². The van der Waals surface area contributed by atoms with Crippen LogP contribution >= 0.6 is 11.6 Å².